The summed E-state index contributed by atoms with van der Waals surface area (Å²) in [5.41, 5.74) is -0.214. The van der Waals surface area contributed by atoms with E-state index in [0.29, 0.717) is 4.90 Å². The molecule has 1 aromatic heterocycles. The van der Waals surface area contributed by atoms with Gasteiger partial charge in [0.25, 0.3) is 0 Å². The quantitative estimate of drug-likeness (QED) is 0.557. The van der Waals surface area contributed by atoms with Crippen molar-refractivity contribution >= 4 is 46.6 Å². The van der Waals surface area contributed by atoms with Gasteiger partial charge >= 0.3 is 6.18 Å². The highest BCUT2D eigenvalue weighted by molar-refractivity contribution is 7.99. The van der Waals surface area contributed by atoms with E-state index in [1.807, 2.05) is 19.1 Å². The molecule has 0 saturated heterocycles. The van der Waals surface area contributed by atoms with Crippen molar-refractivity contribution in [2.45, 2.75) is 22.9 Å². The summed E-state index contributed by atoms with van der Waals surface area (Å²) in [6.45, 7) is 1.90. The van der Waals surface area contributed by atoms with Gasteiger partial charge in [-0.3, -0.25) is 0 Å². The summed E-state index contributed by atoms with van der Waals surface area (Å²) in [5, 5.41) is -1.08. The maximum absolute atomic E-state index is 12.9. The molecule has 0 amide bonds. The second kappa shape index (κ2) is 6.24. The third-order valence-electron chi connectivity index (χ3n) is 2.51. The lowest BCUT2D eigenvalue weighted by atomic mass is 10.2. The first-order valence-corrected chi connectivity index (χ1v) is 7.51. The van der Waals surface area contributed by atoms with E-state index in [1.54, 1.807) is 12.1 Å². The van der Waals surface area contributed by atoms with Crippen molar-refractivity contribution in [3.05, 3.63) is 50.7 Å². The van der Waals surface area contributed by atoms with Crippen molar-refractivity contribution in [1.29, 1.82) is 0 Å². The number of nitrogens with zero attached hydrogens (tertiary/aromatic N) is 1. The van der Waals surface area contributed by atoms with Crippen LogP contribution in [-0.4, -0.2) is 4.98 Å². The van der Waals surface area contributed by atoms with Gasteiger partial charge in [-0.2, -0.15) is 13.2 Å². The number of aryl methyl sites for hydroxylation is 1. The van der Waals surface area contributed by atoms with Crippen LogP contribution in [0, 0.1) is 6.92 Å². The fourth-order valence-corrected chi connectivity index (χ4v) is 3.27. The summed E-state index contributed by atoms with van der Waals surface area (Å²) in [5.74, 6) is 0. The molecule has 21 heavy (non-hydrogen) atoms. The SMILES string of the molecule is Cc1ccc(Sc2c(Cl)c(Cl)nc(C(F)(F)F)c2Cl)cc1. The summed E-state index contributed by atoms with van der Waals surface area (Å²) < 4.78 is 38.6. The van der Waals surface area contributed by atoms with Crippen LogP contribution in [0.15, 0.2) is 34.1 Å². The Morgan fingerprint density at radius 2 is 1.57 bits per heavy atom. The lowest BCUT2D eigenvalue weighted by Crippen LogP contribution is -2.10. The van der Waals surface area contributed by atoms with Crippen LogP contribution in [0.1, 0.15) is 11.3 Å². The minimum atomic E-state index is -4.70. The van der Waals surface area contributed by atoms with Gasteiger partial charge in [0.15, 0.2) is 5.69 Å². The molecule has 0 atom stereocenters. The standard InChI is InChI=1S/C13H7Cl3F3NS/c1-6-2-4-7(5-3-6)21-10-8(14)11(13(17,18)19)20-12(16)9(10)15/h2-5H,1H3. The van der Waals surface area contributed by atoms with Crippen molar-refractivity contribution < 1.29 is 13.2 Å². The summed E-state index contributed by atoms with van der Waals surface area (Å²) >= 11 is 18.4. The molecule has 2 aromatic rings. The van der Waals surface area contributed by atoms with Crippen LogP contribution in [0.25, 0.3) is 0 Å². The monoisotopic (exact) mass is 371 g/mol. The molecule has 0 fully saturated rings. The molecule has 1 nitrogen and oxygen atoms in total. The van der Waals surface area contributed by atoms with Gasteiger partial charge in [0.2, 0.25) is 0 Å². The van der Waals surface area contributed by atoms with E-state index >= 15 is 0 Å². The fraction of sp³-hybridized carbons (Fsp3) is 0.154. The molecule has 0 spiro atoms. The van der Waals surface area contributed by atoms with Crippen molar-refractivity contribution in [2.24, 2.45) is 0 Å². The summed E-state index contributed by atoms with van der Waals surface area (Å²) in [4.78, 5) is 3.95. The summed E-state index contributed by atoms with van der Waals surface area (Å²) in [6.07, 6.45) is -4.70. The van der Waals surface area contributed by atoms with Crippen LogP contribution in [0.5, 0.6) is 0 Å². The zero-order chi connectivity index (χ0) is 15.8. The minimum absolute atomic E-state index is 0.0366. The highest BCUT2D eigenvalue weighted by Gasteiger charge is 2.38. The Labute approximate surface area is 138 Å². The number of alkyl halides is 3. The average molecular weight is 373 g/mol. The Balaban J connectivity index is 2.52. The molecule has 0 aliphatic heterocycles. The molecule has 0 N–H and O–H groups in total. The highest BCUT2D eigenvalue weighted by Crippen LogP contribution is 2.46. The van der Waals surface area contributed by atoms with E-state index in [0.717, 1.165) is 17.3 Å². The Bertz CT molecular complexity index is 672. The third kappa shape index (κ3) is 3.77. The van der Waals surface area contributed by atoms with E-state index in [9.17, 15) is 13.2 Å². The number of hydrogen-bond acceptors (Lipinski definition) is 2. The Kier molecular flexibility index (Phi) is 4.98. The molecule has 0 bridgehead atoms. The molecule has 1 heterocycles. The second-order valence-electron chi connectivity index (χ2n) is 4.12. The first-order chi connectivity index (χ1) is 9.70. The Hall–Kier alpha value is -0.620. The lowest BCUT2D eigenvalue weighted by molar-refractivity contribution is -0.141. The van der Waals surface area contributed by atoms with E-state index in [4.69, 9.17) is 34.8 Å². The second-order valence-corrected chi connectivity index (χ2v) is 6.32. The van der Waals surface area contributed by atoms with Gasteiger partial charge in [-0.15, -0.1) is 0 Å². The number of pyridine rings is 1. The first kappa shape index (κ1) is 16.7. The predicted octanol–water partition coefficient (Wildman–Crippen LogP) is 6.52. The fourth-order valence-electron chi connectivity index (χ4n) is 1.50. The topological polar surface area (TPSA) is 12.9 Å². The molecule has 0 radical (unpaired) electrons. The molecule has 0 saturated carbocycles. The van der Waals surface area contributed by atoms with Gasteiger partial charge in [0.05, 0.1) is 14.9 Å². The predicted molar refractivity (Wildman–Crippen MR) is 79.6 cm³/mol. The van der Waals surface area contributed by atoms with E-state index < -0.39 is 22.0 Å². The molecule has 0 unspecified atom stereocenters. The normalized spacial score (nSPS) is 11.8. The van der Waals surface area contributed by atoms with Gasteiger partial charge in [-0.05, 0) is 19.1 Å². The largest absolute Gasteiger partial charge is 0.434 e. The van der Waals surface area contributed by atoms with Crippen molar-refractivity contribution in [2.75, 3.05) is 0 Å². The van der Waals surface area contributed by atoms with Crippen molar-refractivity contribution in [3.63, 3.8) is 0 Å². The zero-order valence-electron chi connectivity index (χ0n) is 10.4. The Morgan fingerprint density at radius 1 is 1.00 bits per heavy atom. The van der Waals surface area contributed by atoms with Crippen LogP contribution in [0.2, 0.25) is 15.2 Å². The van der Waals surface area contributed by atoms with Crippen LogP contribution in [0.4, 0.5) is 13.2 Å². The zero-order valence-corrected chi connectivity index (χ0v) is 13.5. The summed E-state index contributed by atoms with van der Waals surface area (Å²) in [6, 6.07) is 7.18. The smallest absolute Gasteiger partial charge is 0.228 e. The highest BCUT2D eigenvalue weighted by atomic mass is 35.5. The van der Waals surface area contributed by atoms with Gasteiger partial charge in [-0.25, -0.2) is 4.98 Å². The van der Waals surface area contributed by atoms with Crippen LogP contribution in [0.3, 0.4) is 0 Å². The van der Waals surface area contributed by atoms with Crippen molar-refractivity contribution in [3.8, 4) is 0 Å². The summed E-state index contributed by atoms with van der Waals surface area (Å²) in [7, 11) is 0. The van der Waals surface area contributed by atoms with Crippen LogP contribution in [-0.2, 0) is 6.18 Å². The maximum Gasteiger partial charge on any atom is 0.434 e. The number of rotatable bonds is 2. The Morgan fingerprint density at radius 3 is 2.10 bits per heavy atom. The lowest BCUT2D eigenvalue weighted by Gasteiger charge is -2.14. The number of halogens is 6. The average Bonchev–Trinajstić information content (AvgIpc) is 2.40. The van der Waals surface area contributed by atoms with E-state index in [2.05, 4.69) is 4.98 Å². The molecular formula is C13H7Cl3F3NS. The van der Waals surface area contributed by atoms with E-state index in [-0.39, 0.29) is 9.92 Å². The molecular weight excluding hydrogens is 366 g/mol. The minimum Gasteiger partial charge on any atom is -0.228 e. The van der Waals surface area contributed by atoms with Crippen LogP contribution >= 0.6 is 46.6 Å². The molecule has 0 aliphatic rings. The van der Waals surface area contributed by atoms with E-state index in [1.165, 1.54) is 0 Å². The number of hydrogen-bond donors (Lipinski definition) is 0. The van der Waals surface area contributed by atoms with Crippen molar-refractivity contribution in [1.82, 2.24) is 4.98 Å². The molecule has 8 heteroatoms. The third-order valence-corrected chi connectivity index (χ3v) is 4.96. The first-order valence-electron chi connectivity index (χ1n) is 5.56. The van der Waals surface area contributed by atoms with Gasteiger partial charge in [0, 0.05) is 4.90 Å². The molecule has 112 valence electrons. The number of aromatic nitrogens is 1. The van der Waals surface area contributed by atoms with Crippen LogP contribution < -0.4 is 0 Å². The maximum atomic E-state index is 12.9. The molecule has 1 aromatic carbocycles. The molecule has 0 aliphatic carbocycles. The van der Waals surface area contributed by atoms with Gasteiger partial charge in [0.1, 0.15) is 5.15 Å². The van der Waals surface area contributed by atoms with Gasteiger partial charge < -0.3 is 0 Å². The number of benzene rings is 1. The van der Waals surface area contributed by atoms with Gasteiger partial charge in [-0.1, -0.05) is 64.3 Å². The molecule has 2 rings (SSSR count).